The maximum absolute atomic E-state index is 12.4. The van der Waals surface area contributed by atoms with Gasteiger partial charge in [-0.15, -0.1) is 0 Å². The first-order chi connectivity index (χ1) is 33.6. The number of carboxylic acids is 1. The molecule has 406 valence electrons. The van der Waals surface area contributed by atoms with Crippen molar-refractivity contribution in [2.45, 2.75) is 302 Å². The highest BCUT2D eigenvalue weighted by molar-refractivity contribution is 7.47. The molecule has 4 N–H and O–H groups in total. The van der Waals surface area contributed by atoms with Gasteiger partial charge in [0.1, 0.15) is 12.7 Å². The van der Waals surface area contributed by atoms with Crippen LogP contribution in [0.2, 0.25) is 0 Å². The molecule has 0 aliphatic heterocycles. The fourth-order valence-corrected chi connectivity index (χ4v) is 9.30. The first-order valence-electron chi connectivity index (χ1n) is 28.9. The van der Waals surface area contributed by atoms with Crippen LogP contribution in [0.15, 0.2) is 24.3 Å². The fraction of sp³-hybridized carbons (Fsp3) is 0.877. The molecule has 0 aliphatic carbocycles. The third-order valence-corrected chi connectivity index (χ3v) is 13.9. The minimum Gasteiger partial charge on any atom is -0.480 e. The second kappa shape index (κ2) is 52.3. The number of unbranched alkanes of at least 4 members (excludes halogenated alkanes) is 37. The Kier molecular flexibility index (Phi) is 50.7. The molecule has 0 saturated carbocycles. The first-order valence-corrected chi connectivity index (χ1v) is 30.4. The van der Waals surface area contributed by atoms with Crippen molar-refractivity contribution in [3.8, 4) is 0 Å². The van der Waals surface area contributed by atoms with E-state index in [4.69, 9.17) is 13.8 Å². The van der Waals surface area contributed by atoms with E-state index in [0.717, 1.165) is 44.9 Å². The molecule has 3 unspecified atom stereocenters. The molecule has 0 radical (unpaired) electrons. The lowest BCUT2D eigenvalue weighted by Crippen LogP contribution is -2.43. The normalized spacial score (nSPS) is 13.6. The van der Waals surface area contributed by atoms with Gasteiger partial charge in [-0.1, -0.05) is 256 Å². The second-order valence-electron chi connectivity index (χ2n) is 19.8. The number of aliphatic hydroxyl groups excluding tert-OH is 1. The maximum Gasteiger partial charge on any atom is 0.472 e. The van der Waals surface area contributed by atoms with Gasteiger partial charge in [0, 0.05) is 12.8 Å². The predicted molar refractivity (Wildman–Crippen MR) is 286 cm³/mol. The molecular weight excluding hydrogens is 890 g/mol. The van der Waals surface area contributed by atoms with Gasteiger partial charge >= 0.3 is 19.8 Å². The summed E-state index contributed by atoms with van der Waals surface area (Å²) < 4.78 is 27.0. The molecule has 11 nitrogen and oxygen atoms in total. The molecule has 0 rings (SSSR count). The summed E-state index contributed by atoms with van der Waals surface area (Å²) in [7, 11) is -4.76. The molecule has 12 heteroatoms. The van der Waals surface area contributed by atoms with Gasteiger partial charge in [0.05, 0.1) is 13.2 Å². The molecule has 0 aromatic rings. The molecular formula is C57H108NO10P. The van der Waals surface area contributed by atoms with E-state index < -0.39 is 57.6 Å². The number of phosphoric acid groups is 1. The summed E-state index contributed by atoms with van der Waals surface area (Å²) in [4.78, 5) is 46.3. The number of nitrogens with one attached hydrogen (secondary N) is 1. The van der Waals surface area contributed by atoms with E-state index in [2.05, 4.69) is 43.5 Å². The zero-order chi connectivity index (χ0) is 50.6. The highest BCUT2D eigenvalue weighted by atomic mass is 31.2. The molecule has 0 spiro atoms. The summed E-state index contributed by atoms with van der Waals surface area (Å²) in [6.07, 6.45) is 59.2. The number of aliphatic hydroxyl groups is 1. The summed E-state index contributed by atoms with van der Waals surface area (Å²) in [5.74, 6) is -2.35. The second-order valence-corrected chi connectivity index (χ2v) is 21.3. The Balaban J connectivity index is 3.74. The van der Waals surface area contributed by atoms with Gasteiger partial charge in [-0.25, -0.2) is 9.36 Å². The number of carbonyl (C=O) groups excluding carboxylic acids is 2. The average molecular weight is 998 g/mol. The number of esters is 1. The largest absolute Gasteiger partial charge is 0.480 e. The lowest BCUT2D eigenvalue weighted by Gasteiger charge is -2.18. The summed E-state index contributed by atoms with van der Waals surface area (Å²) >= 11 is 0. The lowest BCUT2D eigenvalue weighted by molar-refractivity contribution is -0.147. The van der Waals surface area contributed by atoms with Crippen LogP contribution in [0.3, 0.4) is 0 Å². The van der Waals surface area contributed by atoms with E-state index in [1.807, 2.05) is 0 Å². The van der Waals surface area contributed by atoms with Gasteiger partial charge in [-0.3, -0.25) is 18.6 Å². The van der Waals surface area contributed by atoms with Crippen molar-refractivity contribution < 1.29 is 47.8 Å². The number of ether oxygens (including phenoxy) is 1. The predicted octanol–water partition coefficient (Wildman–Crippen LogP) is 16.5. The van der Waals surface area contributed by atoms with Crippen molar-refractivity contribution in [1.82, 2.24) is 5.32 Å². The van der Waals surface area contributed by atoms with Crippen molar-refractivity contribution in [2.75, 3.05) is 19.8 Å². The Morgan fingerprint density at radius 2 is 0.797 bits per heavy atom. The monoisotopic (exact) mass is 998 g/mol. The Morgan fingerprint density at radius 1 is 0.464 bits per heavy atom. The van der Waals surface area contributed by atoms with Crippen molar-refractivity contribution in [1.29, 1.82) is 0 Å². The summed E-state index contributed by atoms with van der Waals surface area (Å²) in [5, 5.41) is 22.0. The Morgan fingerprint density at radius 3 is 1.20 bits per heavy atom. The Bertz CT molecular complexity index is 1260. The number of phosphoric ester groups is 1. The highest BCUT2D eigenvalue weighted by Crippen LogP contribution is 2.43. The van der Waals surface area contributed by atoms with Crippen LogP contribution in [0.4, 0.5) is 0 Å². The number of carboxylic acid groups (broad SMARTS) is 1. The minimum atomic E-state index is -4.76. The minimum absolute atomic E-state index is 0.151. The van der Waals surface area contributed by atoms with Gasteiger partial charge in [-0.05, 0) is 44.9 Å². The van der Waals surface area contributed by atoms with Crippen molar-refractivity contribution in [3.05, 3.63) is 24.3 Å². The highest BCUT2D eigenvalue weighted by Gasteiger charge is 2.28. The van der Waals surface area contributed by atoms with Crippen LogP contribution >= 0.6 is 7.82 Å². The molecule has 0 aromatic heterocycles. The van der Waals surface area contributed by atoms with Crippen molar-refractivity contribution >= 4 is 25.7 Å². The van der Waals surface area contributed by atoms with Crippen molar-refractivity contribution in [3.63, 3.8) is 0 Å². The Labute approximate surface area is 423 Å². The number of aliphatic carboxylic acids is 1. The average Bonchev–Trinajstić information content (AvgIpc) is 3.33. The lowest BCUT2D eigenvalue weighted by atomic mass is 10.0. The van der Waals surface area contributed by atoms with Crippen molar-refractivity contribution in [2.24, 2.45) is 0 Å². The first kappa shape index (κ1) is 67.0. The fourth-order valence-electron chi connectivity index (χ4n) is 8.53. The quantitative estimate of drug-likeness (QED) is 0.0199. The van der Waals surface area contributed by atoms with E-state index in [1.54, 1.807) is 0 Å². The third kappa shape index (κ3) is 52.1. The topological polar surface area (TPSA) is 169 Å². The standard InChI is InChI=1S/C57H108NO10P/c1-3-5-7-9-11-13-15-17-19-21-23-25-27-29-31-33-35-37-39-41-43-45-47-49-56(61)66-50-53(59)51-67-69(64,65)68-52-54(57(62)63)58-55(60)48-46-44-42-40-38-36-34-32-30-28-26-24-22-20-18-16-14-12-10-8-6-4-2/h11,13,17,19,53-54,59H,3-10,12,14-16,18,20-52H2,1-2H3,(H,58,60)(H,62,63)(H,64,65)/b13-11-,19-17-. The van der Waals surface area contributed by atoms with Crippen LogP contribution in [0, 0.1) is 0 Å². The van der Waals surface area contributed by atoms with Gasteiger partial charge in [0.2, 0.25) is 5.91 Å². The molecule has 0 saturated heterocycles. The van der Waals surface area contributed by atoms with E-state index >= 15 is 0 Å². The van der Waals surface area contributed by atoms with Crippen LogP contribution in [0.5, 0.6) is 0 Å². The third-order valence-electron chi connectivity index (χ3n) is 13.0. The van der Waals surface area contributed by atoms with Crippen LogP contribution in [-0.2, 0) is 32.7 Å². The van der Waals surface area contributed by atoms with Crippen LogP contribution in [0.25, 0.3) is 0 Å². The molecule has 0 fully saturated rings. The van der Waals surface area contributed by atoms with E-state index in [1.165, 1.54) is 205 Å². The molecule has 69 heavy (non-hydrogen) atoms. The van der Waals surface area contributed by atoms with E-state index in [9.17, 15) is 34.1 Å². The Hall–Kier alpha value is -2.04. The van der Waals surface area contributed by atoms with Crippen LogP contribution < -0.4 is 5.32 Å². The molecule has 0 aromatic carbocycles. The molecule has 1 amide bonds. The van der Waals surface area contributed by atoms with Gasteiger partial charge in [0.25, 0.3) is 0 Å². The molecule has 3 atom stereocenters. The van der Waals surface area contributed by atoms with Gasteiger partial charge in [0.15, 0.2) is 6.04 Å². The number of rotatable bonds is 55. The summed E-state index contributed by atoms with van der Waals surface area (Å²) in [6.45, 7) is 2.64. The molecule has 0 aliphatic rings. The molecule has 0 bridgehead atoms. The van der Waals surface area contributed by atoms with E-state index in [-0.39, 0.29) is 12.8 Å². The van der Waals surface area contributed by atoms with Crippen LogP contribution in [-0.4, -0.2) is 64.9 Å². The van der Waals surface area contributed by atoms with Gasteiger partial charge in [-0.2, -0.15) is 0 Å². The number of allylic oxidation sites excluding steroid dienone is 4. The summed E-state index contributed by atoms with van der Waals surface area (Å²) in [5.41, 5.74) is 0. The summed E-state index contributed by atoms with van der Waals surface area (Å²) in [6, 6.07) is -1.54. The zero-order valence-electron chi connectivity index (χ0n) is 44.6. The zero-order valence-corrected chi connectivity index (χ0v) is 45.5. The smallest absolute Gasteiger partial charge is 0.472 e. The number of hydrogen-bond acceptors (Lipinski definition) is 8. The SMILES string of the molecule is CCCCC/C=C\C/C=C\CCCCCCCCCCCCCCCC(=O)OCC(O)COP(=O)(O)OCC(NC(=O)CCCCCCCCCCCCCCCCCCCCCCCC)C(=O)O. The number of hydrogen-bond donors (Lipinski definition) is 4. The number of carbonyl (C=O) groups is 3. The maximum atomic E-state index is 12.4. The van der Waals surface area contributed by atoms with Crippen LogP contribution in [0.1, 0.15) is 290 Å². The van der Waals surface area contributed by atoms with E-state index in [0.29, 0.717) is 12.8 Å². The van der Waals surface area contributed by atoms with Gasteiger partial charge < -0.3 is 25.2 Å². The number of amides is 1. The molecule has 0 heterocycles.